The molecule has 1 amide bonds. The Balaban J connectivity index is 1.93. The summed E-state index contributed by atoms with van der Waals surface area (Å²) in [6, 6.07) is 9.79. The fourth-order valence-electron chi connectivity index (χ4n) is 3.61. The van der Waals surface area contributed by atoms with Crippen LogP contribution in [0, 0.1) is 6.92 Å². The van der Waals surface area contributed by atoms with E-state index in [9.17, 15) is 14.7 Å². The number of carbonyl (C=O) groups excluding carboxylic acids is 2. The lowest BCUT2D eigenvalue weighted by atomic mass is 9.95. The number of Topliss-reactive ketones (excluding diaryl/α,β-unsaturated/α-hetero) is 1. The SMILES string of the molecule is CCCCOc1ccc([C@@H]2C(C(=O)c3ccc(C)o3)=C(O)C(=O)N2CCCOC)cc1. The Bertz CT molecular complexity index is 943. The molecule has 0 saturated heterocycles. The summed E-state index contributed by atoms with van der Waals surface area (Å²) in [5.74, 6) is -0.220. The maximum Gasteiger partial charge on any atom is 0.290 e. The van der Waals surface area contributed by atoms with Crippen LogP contribution in [0.3, 0.4) is 0 Å². The van der Waals surface area contributed by atoms with Crippen LogP contribution in [0.2, 0.25) is 0 Å². The van der Waals surface area contributed by atoms with Gasteiger partial charge in [0.1, 0.15) is 11.5 Å². The van der Waals surface area contributed by atoms with Crippen molar-refractivity contribution in [2.45, 2.75) is 39.2 Å². The normalized spacial score (nSPS) is 16.3. The summed E-state index contributed by atoms with van der Waals surface area (Å²) >= 11 is 0. The smallest absolute Gasteiger partial charge is 0.290 e. The van der Waals surface area contributed by atoms with E-state index < -0.39 is 23.5 Å². The number of methoxy groups -OCH3 is 1. The van der Waals surface area contributed by atoms with Crippen molar-refractivity contribution in [2.24, 2.45) is 0 Å². The van der Waals surface area contributed by atoms with Crippen molar-refractivity contribution in [1.82, 2.24) is 4.90 Å². The molecular formula is C24H29NO6. The van der Waals surface area contributed by atoms with Crippen molar-refractivity contribution < 1.29 is 28.6 Å². The summed E-state index contributed by atoms with van der Waals surface area (Å²) in [6.45, 7) is 5.26. The first kappa shape index (κ1) is 22.6. The van der Waals surface area contributed by atoms with Gasteiger partial charge < -0.3 is 23.9 Å². The van der Waals surface area contributed by atoms with Crippen LogP contribution in [0.5, 0.6) is 5.75 Å². The molecule has 1 atom stereocenters. The second kappa shape index (κ2) is 10.3. The van der Waals surface area contributed by atoms with Crippen LogP contribution in [-0.4, -0.2) is 48.6 Å². The number of ether oxygens (including phenoxy) is 2. The van der Waals surface area contributed by atoms with Crippen molar-refractivity contribution >= 4 is 11.7 Å². The third-order valence-corrected chi connectivity index (χ3v) is 5.22. The number of nitrogens with zero attached hydrogens (tertiary/aromatic N) is 1. The van der Waals surface area contributed by atoms with Gasteiger partial charge in [-0.15, -0.1) is 0 Å². The lowest BCUT2D eigenvalue weighted by molar-refractivity contribution is -0.129. The number of benzene rings is 1. The first-order valence-electron chi connectivity index (χ1n) is 10.5. The molecule has 1 aliphatic heterocycles. The summed E-state index contributed by atoms with van der Waals surface area (Å²) in [4.78, 5) is 27.5. The molecule has 0 spiro atoms. The van der Waals surface area contributed by atoms with Crippen molar-refractivity contribution in [2.75, 3.05) is 26.9 Å². The quantitative estimate of drug-likeness (QED) is 0.423. The largest absolute Gasteiger partial charge is 0.503 e. The number of unbranched alkanes of at least 4 members (excludes halogenated alkanes) is 1. The average Bonchev–Trinajstić information content (AvgIpc) is 3.31. The monoisotopic (exact) mass is 427 g/mol. The minimum Gasteiger partial charge on any atom is -0.503 e. The summed E-state index contributed by atoms with van der Waals surface area (Å²) < 4.78 is 16.3. The van der Waals surface area contributed by atoms with Crippen LogP contribution in [0.15, 0.2) is 52.1 Å². The zero-order valence-corrected chi connectivity index (χ0v) is 18.2. The van der Waals surface area contributed by atoms with E-state index in [0.29, 0.717) is 37.5 Å². The zero-order chi connectivity index (χ0) is 22.4. The molecule has 3 rings (SSSR count). The van der Waals surface area contributed by atoms with Crippen LogP contribution in [0.4, 0.5) is 0 Å². The van der Waals surface area contributed by atoms with Crippen molar-refractivity contribution in [1.29, 1.82) is 0 Å². The number of carbonyl (C=O) groups is 2. The van der Waals surface area contributed by atoms with Gasteiger partial charge >= 0.3 is 0 Å². The maximum atomic E-state index is 13.2. The van der Waals surface area contributed by atoms with Crippen LogP contribution in [-0.2, 0) is 9.53 Å². The van der Waals surface area contributed by atoms with E-state index in [1.807, 2.05) is 24.3 Å². The standard InChI is InChI=1S/C24H29NO6/c1-4-5-15-30-18-10-8-17(9-11-18)21-20(22(26)19-12-7-16(2)31-19)23(27)24(28)25(21)13-6-14-29-3/h7-12,21,27H,4-6,13-15H2,1-3H3/t21-/m1/s1. The van der Waals surface area contributed by atoms with E-state index in [4.69, 9.17) is 13.9 Å². The van der Waals surface area contributed by atoms with Crippen LogP contribution >= 0.6 is 0 Å². The molecule has 2 heterocycles. The molecule has 166 valence electrons. The minimum absolute atomic E-state index is 0.0245. The van der Waals surface area contributed by atoms with E-state index in [1.54, 1.807) is 26.2 Å². The number of rotatable bonds is 11. The molecular weight excluding hydrogens is 398 g/mol. The highest BCUT2D eigenvalue weighted by Crippen LogP contribution is 2.39. The number of furan rings is 1. The topological polar surface area (TPSA) is 89.2 Å². The molecule has 7 nitrogen and oxygen atoms in total. The summed E-state index contributed by atoms with van der Waals surface area (Å²) in [5, 5.41) is 10.6. The maximum absolute atomic E-state index is 13.2. The van der Waals surface area contributed by atoms with E-state index >= 15 is 0 Å². The lowest BCUT2D eigenvalue weighted by Gasteiger charge is -2.26. The van der Waals surface area contributed by atoms with E-state index in [1.165, 1.54) is 4.90 Å². The zero-order valence-electron chi connectivity index (χ0n) is 18.2. The Labute approximate surface area is 182 Å². The molecule has 1 aromatic carbocycles. The van der Waals surface area contributed by atoms with Gasteiger partial charge in [-0.2, -0.15) is 0 Å². The molecule has 31 heavy (non-hydrogen) atoms. The molecule has 0 bridgehead atoms. The average molecular weight is 427 g/mol. The van der Waals surface area contributed by atoms with Gasteiger partial charge in [-0.3, -0.25) is 9.59 Å². The Morgan fingerprint density at radius 3 is 2.48 bits per heavy atom. The molecule has 0 aliphatic carbocycles. The Morgan fingerprint density at radius 2 is 1.87 bits per heavy atom. The van der Waals surface area contributed by atoms with Crippen LogP contribution < -0.4 is 4.74 Å². The molecule has 1 aliphatic rings. The van der Waals surface area contributed by atoms with Crippen molar-refractivity contribution in [3.05, 3.63) is 64.8 Å². The number of aryl methyl sites for hydroxylation is 1. The third-order valence-electron chi connectivity index (χ3n) is 5.22. The summed E-state index contributed by atoms with van der Waals surface area (Å²) in [7, 11) is 1.59. The number of aliphatic hydroxyl groups is 1. The number of hydrogen-bond acceptors (Lipinski definition) is 6. The van der Waals surface area contributed by atoms with E-state index in [-0.39, 0.29) is 11.3 Å². The lowest BCUT2D eigenvalue weighted by Crippen LogP contribution is -2.32. The van der Waals surface area contributed by atoms with Crippen molar-refractivity contribution in [3.8, 4) is 5.75 Å². The Hall–Kier alpha value is -3.06. The van der Waals surface area contributed by atoms with Crippen LogP contribution in [0.1, 0.15) is 54.1 Å². The molecule has 0 unspecified atom stereocenters. The molecule has 1 N–H and O–H groups in total. The highest BCUT2D eigenvalue weighted by atomic mass is 16.5. The molecule has 7 heteroatoms. The molecule has 0 fully saturated rings. The third kappa shape index (κ3) is 4.99. The predicted octanol–water partition coefficient (Wildman–Crippen LogP) is 4.38. The molecule has 2 aromatic rings. The molecule has 0 saturated carbocycles. The number of amides is 1. The van der Waals surface area contributed by atoms with Gasteiger partial charge in [-0.25, -0.2) is 0 Å². The van der Waals surface area contributed by atoms with Crippen molar-refractivity contribution in [3.63, 3.8) is 0 Å². The summed E-state index contributed by atoms with van der Waals surface area (Å²) in [5.41, 5.74) is 0.737. The minimum atomic E-state index is -0.716. The fraction of sp³-hybridized carbons (Fsp3) is 0.417. The highest BCUT2D eigenvalue weighted by molar-refractivity contribution is 6.15. The highest BCUT2D eigenvalue weighted by Gasteiger charge is 2.44. The van der Waals surface area contributed by atoms with E-state index in [2.05, 4.69) is 6.92 Å². The van der Waals surface area contributed by atoms with Crippen LogP contribution in [0.25, 0.3) is 0 Å². The molecule has 1 aromatic heterocycles. The van der Waals surface area contributed by atoms with Gasteiger partial charge in [0.25, 0.3) is 5.91 Å². The van der Waals surface area contributed by atoms with Gasteiger partial charge in [0.15, 0.2) is 11.5 Å². The second-order valence-electron chi connectivity index (χ2n) is 7.52. The van der Waals surface area contributed by atoms with Gasteiger partial charge in [0, 0.05) is 20.3 Å². The van der Waals surface area contributed by atoms with Gasteiger partial charge in [0.05, 0.1) is 18.2 Å². The van der Waals surface area contributed by atoms with E-state index in [0.717, 1.165) is 18.6 Å². The molecule has 0 radical (unpaired) electrons. The Morgan fingerprint density at radius 1 is 1.13 bits per heavy atom. The van der Waals surface area contributed by atoms with Gasteiger partial charge in [0.2, 0.25) is 5.78 Å². The first-order chi connectivity index (χ1) is 15.0. The van der Waals surface area contributed by atoms with Gasteiger partial charge in [-0.1, -0.05) is 25.5 Å². The predicted molar refractivity (Wildman–Crippen MR) is 115 cm³/mol. The second-order valence-corrected chi connectivity index (χ2v) is 7.52. The number of ketones is 1. The fourth-order valence-corrected chi connectivity index (χ4v) is 3.61. The Kier molecular flexibility index (Phi) is 7.52. The number of hydrogen-bond donors (Lipinski definition) is 1. The summed E-state index contributed by atoms with van der Waals surface area (Å²) in [6.07, 6.45) is 2.58. The first-order valence-corrected chi connectivity index (χ1v) is 10.5. The number of aliphatic hydroxyl groups excluding tert-OH is 1. The van der Waals surface area contributed by atoms with Gasteiger partial charge in [-0.05, 0) is 49.6 Å².